The SMILES string of the molecule is CC(C)(C)c1cc(O[Si](c2ccccc2)c2ccccc2)c2c(C(=O)O)n[nH]c2c1. The summed E-state index contributed by atoms with van der Waals surface area (Å²) in [6.45, 7) is 6.35. The van der Waals surface area contributed by atoms with E-state index >= 15 is 0 Å². The lowest BCUT2D eigenvalue weighted by Crippen LogP contribution is -2.47. The Labute approximate surface area is 177 Å². The Kier molecular flexibility index (Phi) is 5.18. The largest absolute Gasteiger partial charge is 0.532 e. The van der Waals surface area contributed by atoms with Gasteiger partial charge in [0.25, 0.3) is 0 Å². The smallest absolute Gasteiger partial charge is 0.357 e. The molecule has 3 aromatic carbocycles. The van der Waals surface area contributed by atoms with Crippen molar-refractivity contribution < 1.29 is 14.3 Å². The number of nitrogens with one attached hydrogen (secondary N) is 1. The lowest BCUT2D eigenvalue weighted by Gasteiger charge is -2.23. The quantitative estimate of drug-likeness (QED) is 0.487. The first-order chi connectivity index (χ1) is 14.3. The van der Waals surface area contributed by atoms with Crippen molar-refractivity contribution in [1.29, 1.82) is 0 Å². The lowest BCUT2D eigenvalue weighted by atomic mass is 9.86. The van der Waals surface area contributed by atoms with Gasteiger partial charge in [0.2, 0.25) is 0 Å². The Morgan fingerprint density at radius 3 is 2.03 bits per heavy atom. The first kappa shape index (κ1) is 19.9. The molecule has 5 nitrogen and oxygen atoms in total. The molecule has 2 N–H and O–H groups in total. The molecule has 0 spiro atoms. The number of aromatic amines is 1. The first-order valence-electron chi connectivity index (χ1n) is 9.76. The molecule has 6 heteroatoms. The Morgan fingerprint density at radius 2 is 1.53 bits per heavy atom. The van der Waals surface area contributed by atoms with Crippen molar-refractivity contribution >= 4 is 36.3 Å². The summed E-state index contributed by atoms with van der Waals surface area (Å²) in [6.07, 6.45) is 0. The van der Waals surface area contributed by atoms with Crippen molar-refractivity contribution in [2.45, 2.75) is 26.2 Å². The maximum atomic E-state index is 11.8. The Balaban J connectivity index is 1.91. The third kappa shape index (κ3) is 3.86. The summed E-state index contributed by atoms with van der Waals surface area (Å²) in [4.78, 5) is 11.8. The first-order valence-corrected chi connectivity index (χ1v) is 11.2. The van der Waals surface area contributed by atoms with E-state index in [1.54, 1.807) is 0 Å². The van der Waals surface area contributed by atoms with E-state index in [9.17, 15) is 9.90 Å². The van der Waals surface area contributed by atoms with Crippen molar-refractivity contribution in [3.05, 3.63) is 84.1 Å². The monoisotopic (exact) mass is 415 g/mol. The molecule has 0 saturated heterocycles. The zero-order valence-corrected chi connectivity index (χ0v) is 18.1. The second-order valence-corrected chi connectivity index (χ2v) is 10.2. The summed E-state index contributed by atoms with van der Waals surface area (Å²) in [6, 6.07) is 24.1. The average Bonchev–Trinajstić information content (AvgIpc) is 3.17. The maximum absolute atomic E-state index is 11.8. The number of carbonyl (C=O) groups is 1. The van der Waals surface area contributed by atoms with Gasteiger partial charge in [0.1, 0.15) is 5.75 Å². The second-order valence-electron chi connectivity index (χ2n) is 8.19. The number of hydrogen-bond acceptors (Lipinski definition) is 3. The summed E-state index contributed by atoms with van der Waals surface area (Å²) in [5.41, 5.74) is 1.56. The van der Waals surface area contributed by atoms with Crippen molar-refractivity contribution in [2.24, 2.45) is 0 Å². The van der Waals surface area contributed by atoms with Gasteiger partial charge in [-0.2, -0.15) is 5.10 Å². The average molecular weight is 416 g/mol. The van der Waals surface area contributed by atoms with Gasteiger partial charge in [-0.15, -0.1) is 0 Å². The molecule has 0 saturated carbocycles. The summed E-state index contributed by atoms with van der Waals surface area (Å²) in [5, 5.41) is 19.3. The number of hydrogen-bond donors (Lipinski definition) is 2. The van der Waals surface area contributed by atoms with Gasteiger partial charge < -0.3 is 9.53 Å². The van der Waals surface area contributed by atoms with Crippen molar-refractivity contribution in [2.75, 3.05) is 0 Å². The van der Waals surface area contributed by atoms with E-state index in [4.69, 9.17) is 4.43 Å². The molecule has 0 unspecified atom stereocenters. The molecule has 0 fully saturated rings. The molecule has 1 radical (unpaired) electrons. The molecule has 0 atom stereocenters. The van der Waals surface area contributed by atoms with Crippen LogP contribution in [0.25, 0.3) is 10.9 Å². The van der Waals surface area contributed by atoms with Crippen LogP contribution in [-0.4, -0.2) is 30.3 Å². The third-order valence-corrected chi connectivity index (χ3v) is 7.12. The van der Waals surface area contributed by atoms with Crippen LogP contribution in [0.1, 0.15) is 36.8 Å². The number of nitrogens with zero attached hydrogens (tertiary/aromatic N) is 1. The van der Waals surface area contributed by atoms with Crippen molar-refractivity contribution in [3.63, 3.8) is 0 Å². The van der Waals surface area contributed by atoms with Gasteiger partial charge in [0.05, 0.1) is 10.9 Å². The topological polar surface area (TPSA) is 75.2 Å². The fraction of sp³-hybridized carbons (Fsp3) is 0.167. The molecular weight excluding hydrogens is 392 g/mol. The number of aromatic carboxylic acids is 1. The predicted molar refractivity (Wildman–Crippen MR) is 120 cm³/mol. The van der Waals surface area contributed by atoms with E-state index in [1.807, 2.05) is 48.5 Å². The third-order valence-electron chi connectivity index (χ3n) is 4.98. The van der Waals surface area contributed by atoms with E-state index in [0.29, 0.717) is 16.7 Å². The van der Waals surface area contributed by atoms with Gasteiger partial charge in [-0.3, -0.25) is 5.10 Å². The number of rotatable bonds is 5. The van der Waals surface area contributed by atoms with Gasteiger partial charge in [0.15, 0.2) is 5.69 Å². The molecule has 30 heavy (non-hydrogen) atoms. The molecule has 151 valence electrons. The number of H-pyrrole nitrogens is 1. The number of benzene rings is 3. The normalized spacial score (nSPS) is 11.7. The van der Waals surface area contributed by atoms with Crippen LogP contribution in [0.15, 0.2) is 72.8 Å². The number of carboxylic acids is 1. The summed E-state index contributed by atoms with van der Waals surface area (Å²) in [5.74, 6) is -0.534. The molecule has 4 rings (SSSR count). The Bertz CT molecular complexity index is 1140. The molecule has 0 amide bonds. The highest BCUT2D eigenvalue weighted by molar-refractivity contribution is 6.80. The van der Waals surface area contributed by atoms with Gasteiger partial charge in [0, 0.05) is 0 Å². The van der Waals surface area contributed by atoms with Crippen LogP contribution >= 0.6 is 0 Å². The van der Waals surface area contributed by atoms with Crippen LogP contribution in [-0.2, 0) is 5.41 Å². The maximum Gasteiger partial charge on any atom is 0.357 e. The lowest BCUT2D eigenvalue weighted by molar-refractivity contribution is 0.0692. The van der Waals surface area contributed by atoms with E-state index in [1.165, 1.54) is 0 Å². The predicted octanol–water partition coefficient (Wildman–Crippen LogP) is 3.74. The molecule has 0 aliphatic heterocycles. The molecule has 0 aliphatic rings. The molecule has 0 bridgehead atoms. The number of carboxylic acid groups (broad SMARTS) is 1. The van der Waals surface area contributed by atoms with Gasteiger partial charge in [-0.05, 0) is 33.5 Å². The van der Waals surface area contributed by atoms with Crippen LogP contribution in [0.4, 0.5) is 0 Å². The zero-order valence-electron chi connectivity index (χ0n) is 17.1. The van der Waals surface area contributed by atoms with Crippen LogP contribution < -0.4 is 14.8 Å². The van der Waals surface area contributed by atoms with Crippen LogP contribution in [0.2, 0.25) is 0 Å². The Hall–Kier alpha value is -3.38. The number of aromatic nitrogens is 2. The van der Waals surface area contributed by atoms with E-state index in [2.05, 4.69) is 55.2 Å². The minimum atomic E-state index is -1.66. The van der Waals surface area contributed by atoms with E-state index in [0.717, 1.165) is 15.9 Å². The second kappa shape index (κ2) is 7.80. The van der Waals surface area contributed by atoms with E-state index < -0.39 is 15.0 Å². The molecule has 1 heterocycles. The zero-order chi connectivity index (χ0) is 21.3. The van der Waals surface area contributed by atoms with Crippen LogP contribution in [0, 0.1) is 0 Å². The van der Waals surface area contributed by atoms with Crippen molar-refractivity contribution in [3.8, 4) is 5.75 Å². The van der Waals surface area contributed by atoms with E-state index in [-0.39, 0.29) is 11.1 Å². The molecule has 4 aromatic rings. The summed E-state index contributed by atoms with van der Waals surface area (Å²) < 4.78 is 6.66. The molecule has 0 aliphatic carbocycles. The number of fused-ring (bicyclic) bond motifs is 1. The summed E-state index contributed by atoms with van der Waals surface area (Å²) in [7, 11) is -1.66. The van der Waals surface area contributed by atoms with Crippen molar-refractivity contribution in [1.82, 2.24) is 10.2 Å². The van der Waals surface area contributed by atoms with Gasteiger partial charge in [-0.1, -0.05) is 81.4 Å². The van der Waals surface area contributed by atoms with Crippen LogP contribution in [0.3, 0.4) is 0 Å². The Morgan fingerprint density at radius 1 is 0.967 bits per heavy atom. The minimum Gasteiger partial charge on any atom is -0.532 e. The van der Waals surface area contributed by atoms with Gasteiger partial charge >= 0.3 is 15.0 Å². The molecule has 1 aromatic heterocycles. The fourth-order valence-electron chi connectivity index (χ4n) is 3.36. The van der Waals surface area contributed by atoms with Gasteiger partial charge in [-0.25, -0.2) is 4.79 Å². The summed E-state index contributed by atoms with van der Waals surface area (Å²) >= 11 is 0. The highest BCUT2D eigenvalue weighted by atomic mass is 28.3. The van der Waals surface area contributed by atoms with Crippen LogP contribution in [0.5, 0.6) is 5.75 Å². The highest BCUT2D eigenvalue weighted by Crippen LogP contribution is 2.34. The highest BCUT2D eigenvalue weighted by Gasteiger charge is 2.27. The molecular formula is C24H23N2O3Si. The minimum absolute atomic E-state index is 0.0251. The fourth-order valence-corrected chi connectivity index (χ4v) is 5.30. The standard InChI is InChI=1S/C24H23N2O3Si/c1-24(2,3)16-14-19-21(22(23(27)28)26-25-19)20(15-16)29-30(17-10-6-4-7-11-17)18-12-8-5-9-13-18/h4-15H,1-3H3,(H,25,26)(H,27,28).